The van der Waals surface area contributed by atoms with Gasteiger partial charge in [-0.3, -0.25) is 9.59 Å². The van der Waals surface area contributed by atoms with Crippen molar-refractivity contribution < 1.29 is 14.3 Å². The smallest absolute Gasteiger partial charge is 0.240 e. The number of hydrogen-bond donors (Lipinski definition) is 2. The predicted octanol–water partition coefficient (Wildman–Crippen LogP) is 4.47. The van der Waals surface area contributed by atoms with Gasteiger partial charge in [0.05, 0.1) is 6.21 Å². The average Bonchev–Trinajstić information content (AvgIpc) is 2.82. The van der Waals surface area contributed by atoms with Crippen molar-refractivity contribution in [1.82, 2.24) is 10.7 Å². The third kappa shape index (κ3) is 7.56. The van der Waals surface area contributed by atoms with Crippen molar-refractivity contribution in [3.8, 4) is 5.75 Å². The molecule has 0 spiro atoms. The molecule has 0 heterocycles. The number of carbonyl (C=O) groups excluding carboxylic acids is 2. The minimum absolute atomic E-state index is 0.0443. The molecule has 7 heteroatoms. The first-order valence-electron chi connectivity index (χ1n) is 10.2. The SMILES string of the molecule is O=C(CCC(=O)NN=Cc1ccccc1OCc1ccccc1Cl)NCc1ccccc1. The number of nitrogens with zero attached hydrogens (tertiary/aromatic N) is 1. The first kappa shape index (κ1) is 23.0. The Morgan fingerprint density at radius 1 is 0.875 bits per heavy atom. The van der Waals surface area contributed by atoms with E-state index in [0.29, 0.717) is 29.5 Å². The van der Waals surface area contributed by atoms with Crippen LogP contribution in [0.3, 0.4) is 0 Å². The number of hydrazone groups is 1. The Morgan fingerprint density at radius 3 is 2.38 bits per heavy atom. The highest BCUT2D eigenvalue weighted by molar-refractivity contribution is 6.31. The summed E-state index contributed by atoms with van der Waals surface area (Å²) in [7, 11) is 0. The zero-order valence-electron chi connectivity index (χ0n) is 17.5. The summed E-state index contributed by atoms with van der Waals surface area (Å²) in [5.74, 6) is 0.0857. The van der Waals surface area contributed by atoms with Gasteiger partial charge in [0.15, 0.2) is 0 Å². The van der Waals surface area contributed by atoms with E-state index in [1.165, 1.54) is 6.21 Å². The van der Waals surface area contributed by atoms with Gasteiger partial charge in [0.25, 0.3) is 0 Å². The van der Waals surface area contributed by atoms with Crippen LogP contribution >= 0.6 is 11.6 Å². The van der Waals surface area contributed by atoms with E-state index in [0.717, 1.165) is 11.1 Å². The summed E-state index contributed by atoms with van der Waals surface area (Å²) in [6.07, 6.45) is 1.64. The Morgan fingerprint density at radius 2 is 1.56 bits per heavy atom. The number of hydrogen-bond acceptors (Lipinski definition) is 4. The minimum Gasteiger partial charge on any atom is -0.488 e. The van der Waals surface area contributed by atoms with Crippen LogP contribution < -0.4 is 15.5 Å². The third-order valence-electron chi connectivity index (χ3n) is 4.56. The van der Waals surface area contributed by atoms with Crippen LogP contribution in [0.2, 0.25) is 5.02 Å². The molecular weight excluding hydrogens is 426 g/mol. The van der Waals surface area contributed by atoms with Gasteiger partial charge >= 0.3 is 0 Å². The Labute approximate surface area is 192 Å². The second-order valence-electron chi connectivity index (χ2n) is 6.97. The number of nitrogens with one attached hydrogen (secondary N) is 2. The second-order valence-corrected chi connectivity index (χ2v) is 7.38. The summed E-state index contributed by atoms with van der Waals surface area (Å²) >= 11 is 6.17. The summed E-state index contributed by atoms with van der Waals surface area (Å²) in [5.41, 5.74) is 5.03. The van der Waals surface area contributed by atoms with Gasteiger partial charge in [0.2, 0.25) is 11.8 Å². The van der Waals surface area contributed by atoms with Crippen molar-refractivity contribution >= 4 is 29.6 Å². The number of carbonyl (C=O) groups is 2. The first-order chi connectivity index (χ1) is 15.6. The lowest BCUT2D eigenvalue weighted by atomic mass is 10.2. The Kier molecular flexibility index (Phi) is 8.83. The van der Waals surface area contributed by atoms with Gasteiger partial charge in [-0.05, 0) is 23.8 Å². The topological polar surface area (TPSA) is 79.8 Å². The lowest BCUT2D eigenvalue weighted by Crippen LogP contribution is -2.25. The van der Waals surface area contributed by atoms with Gasteiger partial charge in [-0.25, -0.2) is 5.43 Å². The molecule has 0 saturated heterocycles. The quantitative estimate of drug-likeness (QED) is 0.354. The van der Waals surface area contributed by atoms with Crippen molar-refractivity contribution in [2.45, 2.75) is 26.0 Å². The molecule has 0 atom stereocenters. The fourth-order valence-electron chi connectivity index (χ4n) is 2.83. The van der Waals surface area contributed by atoms with E-state index in [2.05, 4.69) is 15.8 Å². The van der Waals surface area contributed by atoms with Crippen LogP contribution in [0, 0.1) is 0 Å². The maximum Gasteiger partial charge on any atom is 0.240 e. The van der Waals surface area contributed by atoms with E-state index >= 15 is 0 Å². The van der Waals surface area contributed by atoms with E-state index in [9.17, 15) is 9.59 Å². The number of para-hydroxylation sites is 1. The molecule has 0 radical (unpaired) electrons. The zero-order chi connectivity index (χ0) is 22.6. The van der Waals surface area contributed by atoms with Gasteiger partial charge in [0, 0.05) is 35.5 Å². The maximum absolute atomic E-state index is 12.0. The molecule has 0 fully saturated rings. The van der Waals surface area contributed by atoms with Crippen LogP contribution in [-0.4, -0.2) is 18.0 Å². The first-order valence-corrected chi connectivity index (χ1v) is 10.6. The fourth-order valence-corrected chi connectivity index (χ4v) is 3.02. The lowest BCUT2D eigenvalue weighted by molar-refractivity contribution is -0.126. The van der Waals surface area contributed by atoms with Gasteiger partial charge in [-0.1, -0.05) is 72.3 Å². The summed E-state index contributed by atoms with van der Waals surface area (Å²) in [6, 6.07) is 24.4. The van der Waals surface area contributed by atoms with Crippen molar-refractivity contribution in [3.05, 3.63) is 101 Å². The average molecular weight is 450 g/mol. The molecule has 6 nitrogen and oxygen atoms in total. The summed E-state index contributed by atoms with van der Waals surface area (Å²) in [5, 5.41) is 7.41. The molecule has 0 saturated carbocycles. The number of ether oxygens (including phenoxy) is 1. The number of amides is 2. The van der Waals surface area contributed by atoms with E-state index in [1.54, 1.807) is 0 Å². The zero-order valence-corrected chi connectivity index (χ0v) is 18.2. The van der Waals surface area contributed by atoms with Crippen molar-refractivity contribution in [1.29, 1.82) is 0 Å². The monoisotopic (exact) mass is 449 g/mol. The molecule has 164 valence electrons. The van der Waals surface area contributed by atoms with Crippen LogP contribution in [0.1, 0.15) is 29.5 Å². The number of rotatable bonds is 10. The molecule has 3 rings (SSSR count). The van der Waals surface area contributed by atoms with Crippen molar-refractivity contribution in [2.75, 3.05) is 0 Å². The number of benzene rings is 3. The van der Waals surface area contributed by atoms with E-state index in [1.807, 2.05) is 78.9 Å². The molecule has 3 aromatic carbocycles. The Balaban J connectivity index is 1.43. The van der Waals surface area contributed by atoms with Crippen LogP contribution in [0.25, 0.3) is 0 Å². The molecular formula is C25H24ClN3O3. The predicted molar refractivity (Wildman–Crippen MR) is 125 cm³/mol. The standard InChI is InChI=1S/C25H24ClN3O3/c26-22-12-6-4-11-21(22)18-32-23-13-7-5-10-20(23)17-28-29-25(31)15-14-24(30)27-16-19-8-2-1-3-9-19/h1-13,17H,14-16,18H2,(H,27,30)(H,29,31). The minimum atomic E-state index is -0.342. The van der Waals surface area contributed by atoms with Crippen LogP contribution in [0.4, 0.5) is 0 Å². The van der Waals surface area contributed by atoms with Gasteiger partial charge < -0.3 is 10.1 Å². The van der Waals surface area contributed by atoms with Crippen molar-refractivity contribution in [2.24, 2.45) is 5.10 Å². The Hall–Kier alpha value is -3.64. The molecule has 0 aliphatic carbocycles. The molecule has 2 N–H and O–H groups in total. The highest BCUT2D eigenvalue weighted by Crippen LogP contribution is 2.20. The summed E-state index contributed by atoms with van der Waals surface area (Å²) in [6.45, 7) is 0.749. The number of halogens is 1. The van der Waals surface area contributed by atoms with Crippen LogP contribution in [-0.2, 0) is 22.7 Å². The molecule has 0 bridgehead atoms. The third-order valence-corrected chi connectivity index (χ3v) is 4.93. The lowest BCUT2D eigenvalue weighted by Gasteiger charge is -2.10. The van der Waals surface area contributed by atoms with Gasteiger partial charge in [-0.15, -0.1) is 0 Å². The van der Waals surface area contributed by atoms with Crippen LogP contribution in [0.5, 0.6) is 5.75 Å². The van der Waals surface area contributed by atoms with E-state index in [4.69, 9.17) is 16.3 Å². The molecule has 0 aliphatic rings. The van der Waals surface area contributed by atoms with Crippen molar-refractivity contribution in [3.63, 3.8) is 0 Å². The van der Waals surface area contributed by atoms with E-state index in [-0.39, 0.29) is 24.7 Å². The van der Waals surface area contributed by atoms with Gasteiger partial charge in [0.1, 0.15) is 12.4 Å². The highest BCUT2D eigenvalue weighted by atomic mass is 35.5. The molecule has 32 heavy (non-hydrogen) atoms. The summed E-state index contributed by atoms with van der Waals surface area (Å²) in [4.78, 5) is 23.9. The fraction of sp³-hybridized carbons (Fsp3) is 0.160. The maximum atomic E-state index is 12.0. The second kappa shape index (κ2) is 12.3. The largest absolute Gasteiger partial charge is 0.488 e. The van der Waals surface area contributed by atoms with E-state index < -0.39 is 0 Å². The van der Waals surface area contributed by atoms with Gasteiger partial charge in [-0.2, -0.15) is 5.10 Å². The molecule has 0 aliphatic heterocycles. The highest BCUT2D eigenvalue weighted by Gasteiger charge is 2.07. The Bertz CT molecular complexity index is 1070. The molecule has 0 unspecified atom stereocenters. The molecule has 2 amide bonds. The molecule has 3 aromatic rings. The normalized spacial score (nSPS) is 10.7. The molecule has 0 aromatic heterocycles. The van der Waals surface area contributed by atoms with Crippen LogP contribution in [0.15, 0.2) is 84.0 Å². The summed E-state index contributed by atoms with van der Waals surface area (Å²) < 4.78 is 5.86.